The molecule has 1 amide bonds. The van der Waals surface area contributed by atoms with Crippen LogP contribution in [0.15, 0.2) is 48.5 Å². The molecule has 0 bridgehead atoms. The van der Waals surface area contributed by atoms with E-state index in [1.165, 1.54) is 0 Å². The molecule has 3 rings (SSSR count). The Kier molecular flexibility index (Phi) is 5.05. The number of aryl methyl sites for hydroxylation is 2. The van der Waals surface area contributed by atoms with Gasteiger partial charge in [-0.25, -0.2) is 0 Å². The summed E-state index contributed by atoms with van der Waals surface area (Å²) in [5.74, 6) is 0.502. The minimum Gasteiger partial charge on any atom is -0.491 e. The van der Waals surface area contributed by atoms with Crippen LogP contribution in [0.25, 0.3) is 10.9 Å². The molecule has 0 aliphatic heterocycles. The maximum absolute atomic E-state index is 12.5. The van der Waals surface area contributed by atoms with E-state index in [1.54, 1.807) is 0 Å². The number of H-pyrrole nitrogens is 1. The number of fused-ring (bicyclic) bond motifs is 1. The van der Waals surface area contributed by atoms with Crippen molar-refractivity contribution in [2.45, 2.75) is 20.0 Å². The van der Waals surface area contributed by atoms with Crippen LogP contribution in [0.2, 0.25) is 0 Å². The number of benzene rings is 2. The molecule has 2 aromatic carbocycles. The second-order valence-corrected chi connectivity index (χ2v) is 6.16. The first-order valence-electron chi connectivity index (χ1n) is 8.27. The molecule has 25 heavy (non-hydrogen) atoms. The Morgan fingerprint density at radius 3 is 2.80 bits per heavy atom. The standard InChI is InChI=1S/C20H22N2O3/c1-13-6-5-7-16(10-13)25-12-15(23)11-21-20(24)19-14(2)22-18-9-4-3-8-17(18)19/h3-10,15,22-23H,11-12H2,1-2H3,(H,21,24). The predicted octanol–water partition coefficient (Wildman–Crippen LogP) is 2.95. The molecule has 1 heterocycles. The van der Waals surface area contributed by atoms with Crippen LogP contribution in [-0.4, -0.2) is 35.3 Å². The summed E-state index contributed by atoms with van der Waals surface area (Å²) in [5.41, 5.74) is 3.44. The fourth-order valence-corrected chi connectivity index (χ4v) is 2.82. The van der Waals surface area contributed by atoms with E-state index >= 15 is 0 Å². The van der Waals surface area contributed by atoms with Gasteiger partial charge in [0.15, 0.2) is 0 Å². The molecule has 0 radical (unpaired) electrons. The second-order valence-electron chi connectivity index (χ2n) is 6.16. The highest BCUT2D eigenvalue weighted by molar-refractivity contribution is 6.08. The van der Waals surface area contributed by atoms with E-state index in [0.29, 0.717) is 11.3 Å². The number of hydrogen-bond acceptors (Lipinski definition) is 3. The number of aliphatic hydroxyl groups excluding tert-OH is 1. The summed E-state index contributed by atoms with van der Waals surface area (Å²) in [4.78, 5) is 15.7. The van der Waals surface area contributed by atoms with Gasteiger partial charge < -0.3 is 20.1 Å². The van der Waals surface area contributed by atoms with Crippen molar-refractivity contribution < 1.29 is 14.6 Å². The first-order valence-corrected chi connectivity index (χ1v) is 8.27. The number of hydrogen-bond donors (Lipinski definition) is 3. The Morgan fingerprint density at radius 2 is 2.00 bits per heavy atom. The number of aliphatic hydroxyl groups is 1. The highest BCUT2D eigenvalue weighted by Gasteiger charge is 2.16. The van der Waals surface area contributed by atoms with Gasteiger partial charge in [0.2, 0.25) is 0 Å². The zero-order valence-electron chi connectivity index (χ0n) is 14.4. The molecule has 130 valence electrons. The molecule has 1 unspecified atom stereocenters. The number of rotatable bonds is 6. The van der Waals surface area contributed by atoms with Crippen molar-refractivity contribution in [2.75, 3.05) is 13.2 Å². The first kappa shape index (κ1) is 17.0. The molecular weight excluding hydrogens is 316 g/mol. The van der Waals surface area contributed by atoms with Gasteiger partial charge in [-0.05, 0) is 37.6 Å². The minimum absolute atomic E-state index is 0.122. The quantitative estimate of drug-likeness (QED) is 0.647. The Hall–Kier alpha value is -2.79. The van der Waals surface area contributed by atoms with E-state index in [-0.39, 0.29) is 19.1 Å². The van der Waals surface area contributed by atoms with Crippen LogP contribution in [0.4, 0.5) is 0 Å². The molecule has 0 fully saturated rings. The average molecular weight is 338 g/mol. The molecular formula is C20H22N2O3. The molecule has 1 aromatic heterocycles. The maximum Gasteiger partial charge on any atom is 0.253 e. The lowest BCUT2D eigenvalue weighted by molar-refractivity contribution is 0.0844. The Morgan fingerprint density at radius 1 is 1.20 bits per heavy atom. The number of aromatic amines is 1. The van der Waals surface area contributed by atoms with Gasteiger partial charge in [-0.1, -0.05) is 30.3 Å². The number of carbonyl (C=O) groups excluding carboxylic acids is 1. The van der Waals surface area contributed by atoms with E-state index in [0.717, 1.165) is 22.2 Å². The van der Waals surface area contributed by atoms with Crippen molar-refractivity contribution in [3.05, 3.63) is 65.4 Å². The summed E-state index contributed by atoms with van der Waals surface area (Å²) in [6.07, 6.45) is -0.782. The molecule has 5 nitrogen and oxygen atoms in total. The summed E-state index contributed by atoms with van der Waals surface area (Å²) in [5, 5.41) is 13.7. The van der Waals surface area contributed by atoms with Crippen molar-refractivity contribution >= 4 is 16.8 Å². The lowest BCUT2D eigenvalue weighted by atomic mass is 10.1. The lowest BCUT2D eigenvalue weighted by Gasteiger charge is -2.13. The molecule has 0 spiro atoms. The Balaban J connectivity index is 1.57. The van der Waals surface area contributed by atoms with Crippen LogP contribution in [0.3, 0.4) is 0 Å². The van der Waals surface area contributed by atoms with Gasteiger partial charge in [0.1, 0.15) is 18.5 Å². The molecule has 0 saturated heterocycles. The van der Waals surface area contributed by atoms with E-state index in [9.17, 15) is 9.90 Å². The van der Waals surface area contributed by atoms with Gasteiger partial charge in [0.25, 0.3) is 5.91 Å². The van der Waals surface area contributed by atoms with Gasteiger partial charge in [-0.2, -0.15) is 0 Å². The van der Waals surface area contributed by atoms with Crippen LogP contribution < -0.4 is 10.1 Å². The number of ether oxygens (including phenoxy) is 1. The van der Waals surface area contributed by atoms with Gasteiger partial charge in [-0.3, -0.25) is 4.79 Å². The number of para-hydroxylation sites is 1. The summed E-state index contributed by atoms with van der Waals surface area (Å²) in [6, 6.07) is 15.3. The van der Waals surface area contributed by atoms with Crippen LogP contribution in [0, 0.1) is 13.8 Å². The third-order valence-electron chi connectivity index (χ3n) is 4.05. The second kappa shape index (κ2) is 7.40. The smallest absolute Gasteiger partial charge is 0.253 e. The SMILES string of the molecule is Cc1cccc(OCC(O)CNC(=O)c2c(C)[nH]c3ccccc23)c1. The molecule has 0 saturated carbocycles. The van der Waals surface area contributed by atoms with Crippen molar-refractivity contribution in [2.24, 2.45) is 0 Å². The van der Waals surface area contributed by atoms with Crippen LogP contribution >= 0.6 is 0 Å². The van der Waals surface area contributed by atoms with Crippen molar-refractivity contribution in [1.29, 1.82) is 0 Å². The molecule has 3 aromatic rings. The fraction of sp³-hybridized carbons (Fsp3) is 0.250. The highest BCUT2D eigenvalue weighted by atomic mass is 16.5. The number of aromatic nitrogens is 1. The summed E-state index contributed by atoms with van der Waals surface area (Å²) in [6.45, 7) is 4.10. The van der Waals surface area contributed by atoms with Crippen LogP contribution in [0.5, 0.6) is 5.75 Å². The average Bonchev–Trinajstić information content (AvgIpc) is 2.93. The lowest BCUT2D eigenvalue weighted by Crippen LogP contribution is -2.35. The summed E-state index contributed by atoms with van der Waals surface area (Å²) < 4.78 is 5.56. The van der Waals surface area contributed by atoms with Gasteiger partial charge >= 0.3 is 0 Å². The summed E-state index contributed by atoms with van der Waals surface area (Å²) in [7, 11) is 0. The van der Waals surface area contributed by atoms with Gasteiger partial charge in [0, 0.05) is 23.1 Å². The monoisotopic (exact) mass is 338 g/mol. The van der Waals surface area contributed by atoms with Crippen molar-refractivity contribution in [1.82, 2.24) is 10.3 Å². The third kappa shape index (κ3) is 4.00. The van der Waals surface area contributed by atoms with E-state index < -0.39 is 6.10 Å². The number of carbonyl (C=O) groups is 1. The van der Waals surface area contributed by atoms with Crippen molar-refractivity contribution in [3.8, 4) is 5.75 Å². The normalized spacial score (nSPS) is 12.1. The third-order valence-corrected chi connectivity index (χ3v) is 4.05. The fourth-order valence-electron chi connectivity index (χ4n) is 2.82. The van der Waals surface area contributed by atoms with E-state index in [2.05, 4.69) is 10.3 Å². The highest BCUT2D eigenvalue weighted by Crippen LogP contribution is 2.21. The molecule has 5 heteroatoms. The van der Waals surface area contributed by atoms with Gasteiger partial charge in [0.05, 0.1) is 5.56 Å². The van der Waals surface area contributed by atoms with E-state index in [1.807, 2.05) is 62.4 Å². The number of amides is 1. The first-order chi connectivity index (χ1) is 12.0. The number of nitrogens with one attached hydrogen (secondary N) is 2. The molecule has 1 atom stereocenters. The molecule has 0 aliphatic carbocycles. The van der Waals surface area contributed by atoms with Crippen LogP contribution in [0.1, 0.15) is 21.6 Å². The zero-order chi connectivity index (χ0) is 17.8. The van der Waals surface area contributed by atoms with Crippen molar-refractivity contribution in [3.63, 3.8) is 0 Å². The van der Waals surface area contributed by atoms with Gasteiger partial charge in [-0.15, -0.1) is 0 Å². The minimum atomic E-state index is -0.782. The molecule has 0 aliphatic rings. The Labute approximate surface area is 146 Å². The van der Waals surface area contributed by atoms with E-state index in [4.69, 9.17) is 4.74 Å². The maximum atomic E-state index is 12.5. The predicted molar refractivity (Wildman–Crippen MR) is 98.0 cm³/mol. The molecule has 3 N–H and O–H groups in total. The zero-order valence-corrected chi connectivity index (χ0v) is 14.4. The Bertz CT molecular complexity index is 886. The topological polar surface area (TPSA) is 74.3 Å². The summed E-state index contributed by atoms with van der Waals surface area (Å²) >= 11 is 0. The van der Waals surface area contributed by atoms with Crippen LogP contribution in [-0.2, 0) is 0 Å². The largest absolute Gasteiger partial charge is 0.491 e.